The molecule has 1 heterocycles. The van der Waals surface area contributed by atoms with E-state index < -0.39 is 9.84 Å². The summed E-state index contributed by atoms with van der Waals surface area (Å²) in [7, 11) is 0.571. The minimum Gasteiger partial charge on any atom is -0.309 e. The summed E-state index contributed by atoms with van der Waals surface area (Å²) in [6.45, 7) is 1.23. The lowest BCUT2D eigenvalue weighted by Gasteiger charge is -2.21. The highest BCUT2D eigenvalue weighted by Crippen LogP contribution is 2.30. The van der Waals surface area contributed by atoms with E-state index in [2.05, 4.69) is 4.98 Å². The van der Waals surface area contributed by atoms with Crippen LogP contribution in [0.15, 0.2) is 47.4 Å². The Labute approximate surface area is 173 Å². The van der Waals surface area contributed by atoms with E-state index in [4.69, 9.17) is 0 Å². The maximum Gasteiger partial charge on any atom is 0.260 e. The Bertz CT molecular complexity index is 1130. The standard InChI is InChI=1S/C20H22FN3O3S2/c1-23(2)11-4-12-24(20-22-17-10-7-15(21)13-18(17)28-20)19(25)14-5-8-16(9-6-14)29(3,26)27/h5-10,13H,4,11-12H2,1-3H3. The molecular formula is C20H22FN3O3S2. The summed E-state index contributed by atoms with van der Waals surface area (Å²) in [6, 6.07) is 10.2. The van der Waals surface area contributed by atoms with Crippen molar-refractivity contribution in [2.75, 3.05) is 38.3 Å². The number of thiazole rings is 1. The number of carbonyl (C=O) groups excluding carboxylic acids is 1. The molecule has 9 heteroatoms. The SMILES string of the molecule is CN(C)CCCN(C(=O)c1ccc(S(C)(=O)=O)cc1)c1nc2ccc(F)cc2s1. The summed E-state index contributed by atoms with van der Waals surface area (Å²) in [5.41, 5.74) is 0.997. The van der Waals surface area contributed by atoms with Gasteiger partial charge in [-0.1, -0.05) is 11.3 Å². The van der Waals surface area contributed by atoms with Gasteiger partial charge in [-0.3, -0.25) is 9.69 Å². The molecule has 3 aromatic rings. The molecule has 0 saturated carbocycles. The average molecular weight is 436 g/mol. The van der Waals surface area contributed by atoms with Crippen LogP contribution < -0.4 is 4.90 Å². The maximum atomic E-state index is 13.5. The van der Waals surface area contributed by atoms with Crippen LogP contribution in [0.25, 0.3) is 10.2 Å². The first-order valence-electron chi connectivity index (χ1n) is 8.98. The van der Waals surface area contributed by atoms with Crippen LogP contribution in [0.5, 0.6) is 0 Å². The van der Waals surface area contributed by atoms with Crippen LogP contribution in [0, 0.1) is 5.82 Å². The van der Waals surface area contributed by atoms with Crippen LogP contribution in [0.1, 0.15) is 16.8 Å². The molecule has 0 atom stereocenters. The first kappa shape index (κ1) is 21.4. The van der Waals surface area contributed by atoms with E-state index >= 15 is 0 Å². The van der Waals surface area contributed by atoms with Crippen LogP contribution in [-0.2, 0) is 9.84 Å². The monoisotopic (exact) mass is 435 g/mol. The third kappa shape index (κ3) is 5.17. The van der Waals surface area contributed by atoms with Crippen LogP contribution >= 0.6 is 11.3 Å². The van der Waals surface area contributed by atoms with E-state index in [0.29, 0.717) is 27.5 Å². The normalized spacial score (nSPS) is 11.9. The Kier molecular flexibility index (Phi) is 6.30. The second-order valence-corrected chi connectivity index (χ2v) is 10.0. The summed E-state index contributed by atoms with van der Waals surface area (Å²) >= 11 is 1.25. The number of fused-ring (bicyclic) bond motifs is 1. The van der Waals surface area contributed by atoms with Crippen molar-refractivity contribution in [2.24, 2.45) is 0 Å². The summed E-state index contributed by atoms with van der Waals surface area (Å²) < 4.78 is 37.5. The molecule has 2 aromatic carbocycles. The molecule has 0 saturated heterocycles. The van der Waals surface area contributed by atoms with Crippen molar-refractivity contribution in [3.8, 4) is 0 Å². The largest absolute Gasteiger partial charge is 0.309 e. The van der Waals surface area contributed by atoms with Crippen molar-refractivity contribution in [2.45, 2.75) is 11.3 Å². The number of rotatable bonds is 7. The Hall–Kier alpha value is -2.36. The molecule has 0 aliphatic carbocycles. The predicted molar refractivity (Wildman–Crippen MR) is 114 cm³/mol. The van der Waals surface area contributed by atoms with Gasteiger partial charge < -0.3 is 4.90 Å². The van der Waals surface area contributed by atoms with Crippen LogP contribution in [0.3, 0.4) is 0 Å². The number of sulfone groups is 1. The number of nitrogens with zero attached hydrogens (tertiary/aromatic N) is 3. The quantitative estimate of drug-likeness (QED) is 0.569. The van der Waals surface area contributed by atoms with Gasteiger partial charge in [-0.05, 0) is 69.5 Å². The van der Waals surface area contributed by atoms with E-state index in [1.54, 1.807) is 11.0 Å². The van der Waals surface area contributed by atoms with Gasteiger partial charge in [0.1, 0.15) is 5.82 Å². The Morgan fingerprint density at radius 1 is 1.10 bits per heavy atom. The predicted octanol–water partition coefficient (Wildman–Crippen LogP) is 3.44. The number of hydrogen-bond acceptors (Lipinski definition) is 6. The summed E-state index contributed by atoms with van der Waals surface area (Å²) in [4.78, 5) is 21.4. The second kappa shape index (κ2) is 8.56. The van der Waals surface area contributed by atoms with Crippen LogP contribution in [-0.4, -0.2) is 57.6 Å². The third-order valence-corrected chi connectivity index (χ3v) is 6.50. The number of carbonyl (C=O) groups is 1. The molecule has 3 rings (SSSR count). The number of aromatic nitrogens is 1. The molecule has 0 spiro atoms. The number of benzene rings is 2. The molecule has 1 amide bonds. The van der Waals surface area contributed by atoms with Crippen LogP contribution in [0.4, 0.5) is 9.52 Å². The molecule has 0 radical (unpaired) electrons. The van der Waals surface area contributed by atoms with E-state index in [9.17, 15) is 17.6 Å². The third-order valence-electron chi connectivity index (χ3n) is 4.33. The summed E-state index contributed by atoms with van der Waals surface area (Å²) in [5, 5.41) is 0.488. The molecular weight excluding hydrogens is 413 g/mol. The van der Waals surface area contributed by atoms with Gasteiger partial charge in [0.2, 0.25) is 0 Å². The van der Waals surface area contributed by atoms with Gasteiger partial charge in [0.25, 0.3) is 5.91 Å². The molecule has 1 aromatic heterocycles. The Morgan fingerprint density at radius 2 is 1.79 bits per heavy atom. The molecule has 29 heavy (non-hydrogen) atoms. The minimum absolute atomic E-state index is 0.156. The van der Waals surface area contributed by atoms with E-state index in [-0.39, 0.29) is 16.6 Å². The topological polar surface area (TPSA) is 70.6 Å². The lowest BCUT2D eigenvalue weighted by atomic mass is 10.2. The zero-order valence-electron chi connectivity index (χ0n) is 16.4. The number of hydrogen-bond donors (Lipinski definition) is 0. The molecule has 0 aliphatic heterocycles. The number of anilines is 1. The van der Waals surface area contributed by atoms with Crippen molar-refractivity contribution >= 4 is 42.4 Å². The van der Waals surface area contributed by atoms with E-state index in [0.717, 1.165) is 19.2 Å². The second-order valence-electron chi connectivity index (χ2n) is 7.02. The maximum absolute atomic E-state index is 13.5. The lowest BCUT2D eigenvalue weighted by molar-refractivity contribution is 0.0986. The lowest BCUT2D eigenvalue weighted by Crippen LogP contribution is -2.33. The zero-order valence-corrected chi connectivity index (χ0v) is 18.1. The fraction of sp³-hybridized carbons (Fsp3) is 0.300. The van der Waals surface area contributed by atoms with Gasteiger partial charge in [-0.25, -0.2) is 17.8 Å². The Balaban J connectivity index is 1.94. The highest BCUT2D eigenvalue weighted by atomic mass is 32.2. The molecule has 0 unspecified atom stereocenters. The molecule has 154 valence electrons. The molecule has 0 N–H and O–H groups in total. The molecule has 0 fully saturated rings. The van der Waals surface area contributed by atoms with Gasteiger partial charge >= 0.3 is 0 Å². The summed E-state index contributed by atoms with van der Waals surface area (Å²) in [5.74, 6) is -0.627. The van der Waals surface area contributed by atoms with Gasteiger partial charge in [-0.2, -0.15) is 0 Å². The molecule has 0 aliphatic rings. The average Bonchev–Trinajstić information content (AvgIpc) is 3.06. The van der Waals surface area contributed by atoms with Crippen molar-refractivity contribution < 1.29 is 17.6 Å². The fourth-order valence-corrected chi connectivity index (χ4v) is 4.48. The van der Waals surface area contributed by atoms with E-state index in [1.807, 2.05) is 19.0 Å². The van der Waals surface area contributed by atoms with Crippen molar-refractivity contribution in [3.63, 3.8) is 0 Å². The smallest absolute Gasteiger partial charge is 0.260 e. The van der Waals surface area contributed by atoms with Gasteiger partial charge in [-0.15, -0.1) is 0 Å². The van der Waals surface area contributed by atoms with Crippen molar-refractivity contribution in [1.29, 1.82) is 0 Å². The highest BCUT2D eigenvalue weighted by molar-refractivity contribution is 7.90. The minimum atomic E-state index is -3.34. The molecule has 0 bridgehead atoms. The summed E-state index contributed by atoms with van der Waals surface area (Å²) in [6.07, 6.45) is 1.85. The van der Waals surface area contributed by atoms with Gasteiger partial charge in [0.05, 0.1) is 15.1 Å². The van der Waals surface area contributed by atoms with Gasteiger partial charge in [0, 0.05) is 18.4 Å². The van der Waals surface area contributed by atoms with Gasteiger partial charge in [0.15, 0.2) is 15.0 Å². The first-order chi connectivity index (χ1) is 13.6. The number of halogens is 1. The Morgan fingerprint density at radius 3 is 2.41 bits per heavy atom. The first-order valence-corrected chi connectivity index (χ1v) is 11.7. The van der Waals surface area contributed by atoms with E-state index in [1.165, 1.54) is 47.7 Å². The fourth-order valence-electron chi connectivity index (χ4n) is 2.83. The zero-order chi connectivity index (χ0) is 21.2. The van der Waals surface area contributed by atoms with Crippen LogP contribution in [0.2, 0.25) is 0 Å². The molecule has 6 nitrogen and oxygen atoms in total. The van der Waals surface area contributed by atoms with Crippen molar-refractivity contribution in [3.05, 3.63) is 53.8 Å². The highest BCUT2D eigenvalue weighted by Gasteiger charge is 2.22. The van der Waals surface area contributed by atoms with Crippen molar-refractivity contribution in [1.82, 2.24) is 9.88 Å². The number of amides is 1.